The van der Waals surface area contributed by atoms with E-state index in [-0.39, 0.29) is 0 Å². The number of carbonyl (C=O) groups is 1. The zero-order valence-electron chi connectivity index (χ0n) is 9.54. The molecule has 3 N–H and O–H groups in total. The average Bonchev–Trinajstić information content (AvgIpc) is 2.67. The van der Waals surface area contributed by atoms with Crippen molar-refractivity contribution in [1.29, 1.82) is 0 Å². The molecule has 0 atom stereocenters. The molecule has 0 fully saturated rings. The van der Waals surface area contributed by atoms with Crippen LogP contribution in [0.3, 0.4) is 0 Å². The zero-order chi connectivity index (χ0) is 12.6. The fraction of sp³-hybridized carbons (Fsp3) is 0.182. The molecule has 1 aromatic heterocycles. The van der Waals surface area contributed by atoms with Gasteiger partial charge >= 0.3 is 6.03 Å². The van der Waals surface area contributed by atoms with Crippen LogP contribution < -0.4 is 15.5 Å². The van der Waals surface area contributed by atoms with Gasteiger partial charge in [0.1, 0.15) is 5.75 Å². The van der Waals surface area contributed by atoms with E-state index in [1.807, 2.05) is 0 Å². The van der Waals surface area contributed by atoms with Crippen molar-refractivity contribution in [1.82, 2.24) is 4.57 Å². The van der Waals surface area contributed by atoms with Crippen molar-refractivity contribution < 1.29 is 14.7 Å². The molecule has 6 nitrogen and oxygen atoms in total. The summed E-state index contributed by atoms with van der Waals surface area (Å²) in [4.78, 5) is 11.3. The molecule has 2 rings (SSSR count). The monoisotopic (exact) mass is 235 g/mol. The molecule has 0 radical (unpaired) electrons. The van der Waals surface area contributed by atoms with Crippen LogP contribution in [0.25, 0.3) is 10.9 Å². The fourth-order valence-corrected chi connectivity index (χ4v) is 1.76. The molecule has 0 bridgehead atoms. The number of benzene rings is 1. The number of primary amides is 1. The number of hydrogen-bond acceptors (Lipinski definition) is 4. The lowest BCUT2D eigenvalue weighted by atomic mass is 10.2. The molecule has 6 heteroatoms. The number of hydroxylamine groups is 1. The van der Waals surface area contributed by atoms with E-state index in [9.17, 15) is 10.0 Å². The van der Waals surface area contributed by atoms with Crippen LogP contribution in [-0.4, -0.2) is 30.0 Å². The van der Waals surface area contributed by atoms with E-state index in [0.717, 1.165) is 10.4 Å². The molecule has 17 heavy (non-hydrogen) atoms. The second-order valence-electron chi connectivity index (χ2n) is 3.63. The van der Waals surface area contributed by atoms with Gasteiger partial charge in [-0.25, -0.2) is 4.79 Å². The number of ether oxygens (including phenoxy) is 1. The maximum atomic E-state index is 11.3. The molecule has 1 heterocycles. The summed E-state index contributed by atoms with van der Waals surface area (Å²) >= 11 is 0. The van der Waals surface area contributed by atoms with Crippen molar-refractivity contribution in [3.63, 3.8) is 0 Å². The quantitative estimate of drug-likeness (QED) is 0.771. The summed E-state index contributed by atoms with van der Waals surface area (Å²) in [5, 5.41) is 11.1. The molecule has 1 aromatic carbocycles. The van der Waals surface area contributed by atoms with E-state index in [4.69, 9.17) is 10.5 Å². The van der Waals surface area contributed by atoms with Crippen LogP contribution >= 0.6 is 0 Å². The number of amides is 1. The maximum Gasteiger partial charge on any atom is 0.323 e. The second kappa shape index (κ2) is 3.99. The van der Waals surface area contributed by atoms with E-state index < -0.39 is 6.03 Å². The van der Waals surface area contributed by atoms with E-state index in [2.05, 4.69) is 0 Å². The highest BCUT2D eigenvalue weighted by atomic mass is 16.5. The summed E-state index contributed by atoms with van der Waals surface area (Å²) in [7, 11) is 3.02. The summed E-state index contributed by atoms with van der Waals surface area (Å²) < 4.78 is 6.35. The van der Waals surface area contributed by atoms with Gasteiger partial charge in [-0.15, -0.1) is 0 Å². The summed E-state index contributed by atoms with van der Waals surface area (Å²) in [6.45, 7) is 0. The van der Waals surface area contributed by atoms with Crippen LogP contribution in [0.1, 0.15) is 0 Å². The molecular formula is C11H13N3O3. The number of anilines is 1. The molecule has 1 amide bonds. The van der Waals surface area contributed by atoms with Crippen LogP contribution in [0.2, 0.25) is 0 Å². The van der Waals surface area contributed by atoms with E-state index >= 15 is 0 Å². The van der Waals surface area contributed by atoms with Crippen LogP contribution in [-0.2, 0) is 0 Å². The minimum Gasteiger partial charge on any atom is -0.497 e. The highest BCUT2D eigenvalue weighted by Gasteiger charge is 2.14. The van der Waals surface area contributed by atoms with Crippen molar-refractivity contribution in [2.75, 3.05) is 19.2 Å². The van der Waals surface area contributed by atoms with Gasteiger partial charge in [0, 0.05) is 24.7 Å². The number of fused-ring (bicyclic) bond motifs is 1. The predicted octanol–water partition coefficient (Wildman–Crippen LogP) is 1.40. The minimum atomic E-state index is -0.614. The Kier molecular flexibility index (Phi) is 2.64. The number of aromatic nitrogens is 1. The topological polar surface area (TPSA) is 80.7 Å². The summed E-state index contributed by atoms with van der Waals surface area (Å²) in [6, 6.07) is 4.58. The predicted molar refractivity (Wildman–Crippen MR) is 63.7 cm³/mol. The first-order valence-corrected chi connectivity index (χ1v) is 4.96. The smallest absolute Gasteiger partial charge is 0.323 e. The molecule has 0 saturated carbocycles. The number of nitrogens with two attached hydrogens (primary N) is 1. The standard InChI is InChI=1S/C11H13N3O3/c1-13(16)10-6-14(11(12)15)9-5-7(17-2)3-4-8(9)10/h3-6,16H,1-2H3,(H2,12,15). The number of carbonyl (C=O) groups excluding carboxylic acids is 1. The van der Waals surface area contributed by atoms with Gasteiger partial charge in [-0.2, -0.15) is 0 Å². The Labute approximate surface area is 97.8 Å². The fourth-order valence-electron chi connectivity index (χ4n) is 1.76. The Morgan fingerprint density at radius 1 is 1.53 bits per heavy atom. The van der Waals surface area contributed by atoms with Gasteiger partial charge in [0.25, 0.3) is 0 Å². The Hall–Kier alpha value is -2.21. The molecule has 0 aliphatic rings. The third-order valence-corrected chi connectivity index (χ3v) is 2.58. The molecular weight excluding hydrogens is 222 g/mol. The van der Waals surface area contributed by atoms with Gasteiger partial charge in [0.15, 0.2) is 0 Å². The van der Waals surface area contributed by atoms with Crippen LogP contribution in [0.15, 0.2) is 24.4 Å². The van der Waals surface area contributed by atoms with Gasteiger partial charge < -0.3 is 10.5 Å². The van der Waals surface area contributed by atoms with Gasteiger partial charge in [-0.05, 0) is 12.1 Å². The van der Waals surface area contributed by atoms with Crippen LogP contribution in [0, 0.1) is 0 Å². The van der Waals surface area contributed by atoms with E-state index in [0.29, 0.717) is 17.0 Å². The first kappa shape index (κ1) is 11.3. The molecule has 0 saturated heterocycles. The number of hydrogen-bond donors (Lipinski definition) is 2. The third kappa shape index (κ3) is 1.78. The lowest BCUT2D eigenvalue weighted by molar-refractivity contribution is 0.251. The van der Waals surface area contributed by atoms with Gasteiger partial charge in [-0.1, -0.05) is 0 Å². The molecule has 0 spiro atoms. The molecule has 2 aromatic rings. The Balaban J connectivity index is 2.76. The molecule has 0 unspecified atom stereocenters. The lowest BCUT2D eigenvalue weighted by Crippen LogP contribution is -2.18. The first-order valence-electron chi connectivity index (χ1n) is 4.96. The molecule has 90 valence electrons. The highest BCUT2D eigenvalue weighted by Crippen LogP contribution is 2.30. The Morgan fingerprint density at radius 3 is 2.76 bits per heavy atom. The van der Waals surface area contributed by atoms with Crippen molar-refractivity contribution in [3.05, 3.63) is 24.4 Å². The summed E-state index contributed by atoms with van der Waals surface area (Å²) in [6.07, 6.45) is 1.48. The normalized spacial score (nSPS) is 10.5. The van der Waals surface area contributed by atoms with Crippen molar-refractivity contribution in [2.24, 2.45) is 5.73 Å². The lowest BCUT2D eigenvalue weighted by Gasteiger charge is -2.07. The first-order chi connectivity index (χ1) is 8.04. The number of nitrogens with zero attached hydrogens (tertiary/aromatic N) is 2. The van der Waals surface area contributed by atoms with Crippen molar-refractivity contribution >= 4 is 22.6 Å². The second-order valence-corrected chi connectivity index (χ2v) is 3.63. The summed E-state index contributed by atoms with van der Waals surface area (Å²) in [5.41, 5.74) is 6.36. The van der Waals surface area contributed by atoms with Crippen LogP contribution in [0.5, 0.6) is 5.75 Å². The SMILES string of the molecule is COc1ccc2c(N(C)O)cn(C(N)=O)c2c1. The average molecular weight is 235 g/mol. The number of rotatable bonds is 2. The minimum absolute atomic E-state index is 0.501. The van der Waals surface area contributed by atoms with E-state index in [1.165, 1.54) is 24.9 Å². The highest BCUT2D eigenvalue weighted by molar-refractivity contribution is 5.99. The van der Waals surface area contributed by atoms with E-state index in [1.54, 1.807) is 18.2 Å². The summed E-state index contributed by atoms with van der Waals surface area (Å²) in [5.74, 6) is 0.616. The maximum absolute atomic E-state index is 11.3. The molecule has 0 aliphatic heterocycles. The largest absolute Gasteiger partial charge is 0.497 e. The zero-order valence-corrected chi connectivity index (χ0v) is 9.54. The van der Waals surface area contributed by atoms with Crippen LogP contribution in [0.4, 0.5) is 10.5 Å². The Bertz CT molecular complexity index is 575. The third-order valence-electron chi connectivity index (χ3n) is 2.58. The van der Waals surface area contributed by atoms with Gasteiger partial charge in [0.2, 0.25) is 0 Å². The number of methoxy groups -OCH3 is 1. The van der Waals surface area contributed by atoms with Crippen molar-refractivity contribution in [2.45, 2.75) is 0 Å². The van der Waals surface area contributed by atoms with Gasteiger partial charge in [0.05, 0.1) is 18.3 Å². The Morgan fingerprint density at radius 2 is 2.24 bits per heavy atom. The van der Waals surface area contributed by atoms with Crippen molar-refractivity contribution in [3.8, 4) is 5.75 Å². The van der Waals surface area contributed by atoms with Gasteiger partial charge in [-0.3, -0.25) is 14.8 Å². The molecule has 0 aliphatic carbocycles.